The van der Waals surface area contributed by atoms with Crippen LogP contribution in [0.15, 0.2) is 21.0 Å². The van der Waals surface area contributed by atoms with E-state index >= 15 is 0 Å². The highest BCUT2D eigenvalue weighted by atomic mass is 32.2. The molecule has 0 saturated heterocycles. The quantitative estimate of drug-likeness (QED) is 0.451. The standard InChI is InChI=1S/C9H10N2OS2/c1-6-4-7(13-2)8(10-5-12)9(11-6)14-3/h4H,1-3H3. The number of aryl methyl sites for hydroxylation is 1. The Morgan fingerprint density at radius 2 is 2.14 bits per heavy atom. The van der Waals surface area contributed by atoms with E-state index in [1.807, 2.05) is 25.5 Å². The van der Waals surface area contributed by atoms with E-state index in [4.69, 9.17) is 0 Å². The summed E-state index contributed by atoms with van der Waals surface area (Å²) in [4.78, 5) is 19.2. The third kappa shape index (κ3) is 2.38. The van der Waals surface area contributed by atoms with Gasteiger partial charge < -0.3 is 0 Å². The number of hydrogen-bond acceptors (Lipinski definition) is 5. The summed E-state index contributed by atoms with van der Waals surface area (Å²) in [7, 11) is 0. The topological polar surface area (TPSA) is 42.3 Å². The van der Waals surface area contributed by atoms with Gasteiger partial charge in [0.25, 0.3) is 0 Å². The number of hydrogen-bond donors (Lipinski definition) is 0. The third-order valence-corrected chi connectivity index (χ3v) is 3.05. The van der Waals surface area contributed by atoms with Crippen molar-refractivity contribution < 1.29 is 4.79 Å². The number of isocyanates is 1. The summed E-state index contributed by atoms with van der Waals surface area (Å²) in [6.45, 7) is 1.92. The number of thioether (sulfide) groups is 2. The average Bonchev–Trinajstić information content (AvgIpc) is 2.20. The fraction of sp³-hybridized carbons (Fsp3) is 0.333. The van der Waals surface area contributed by atoms with E-state index in [-0.39, 0.29) is 0 Å². The number of aliphatic imine (C=N–C) groups is 1. The lowest BCUT2D eigenvalue weighted by molar-refractivity contribution is 0.565. The Hall–Kier alpha value is -0.770. The first-order chi connectivity index (χ1) is 6.72. The van der Waals surface area contributed by atoms with Gasteiger partial charge in [0.15, 0.2) is 0 Å². The largest absolute Gasteiger partial charge is 0.244 e. The van der Waals surface area contributed by atoms with Gasteiger partial charge >= 0.3 is 0 Å². The van der Waals surface area contributed by atoms with Crippen LogP contribution in [-0.2, 0) is 4.79 Å². The minimum Gasteiger partial charge on any atom is -0.244 e. The van der Waals surface area contributed by atoms with Gasteiger partial charge in [0.2, 0.25) is 6.08 Å². The molecule has 3 nitrogen and oxygen atoms in total. The van der Waals surface area contributed by atoms with Gasteiger partial charge in [-0.05, 0) is 25.5 Å². The van der Waals surface area contributed by atoms with Crippen molar-refractivity contribution in [1.29, 1.82) is 0 Å². The van der Waals surface area contributed by atoms with Crippen LogP contribution in [0, 0.1) is 6.92 Å². The molecule has 0 aliphatic rings. The summed E-state index contributed by atoms with van der Waals surface area (Å²) in [5.74, 6) is 0. The summed E-state index contributed by atoms with van der Waals surface area (Å²) in [6, 6.07) is 1.92. The number of nitrogens with zero attached hydrogens (tertiary/aromatic N) is 2. The molecular weight excluding hydrogens is 216 g/mol. The molecule has 0 spiro atoms. The van der Waals surface area contributed by atoms with Gasteiger partial charge in [-0.15, -0.1) is 23.5 Å². The van der Waals surface area contributed by atoms with Crippen molar-refractivity contribution in [1.82, 2.24) is 4.98 Å². The number of pyridine rings is 1. The highest BCUT2D eigenvalue weighted by molar-refractivity contribution is 7.99. The predicted octanol–water partition coefficient (Wildman–Crippen LogP) is 2.80. The van der Waals surface area contributed by atoms with Crippen LogP contribution in [0.1, 0.15) is 5.69 Å². The van der Waals surface area contributed by atoms with E-state index in [9.17, 15) is 4.79 Å². The Morgan fingerprint density at radius 3 is 2.64 bits per heavy atom. The highest BCUT2D eigenvalue weighted by Gasteiger charge is 2.09. The van der Waals surface area contributed by atoms with E-state index in [0.29, 0.717) is 5.69 Å². The SMILES string of the molecule is CSc1cc(C)nc(SC)c1N=C=O. The number of rotatable bonds is 3. The van der Waals surface area contributed by atoms with Gasteiger partial charge in [-0.3, -0.25) is 0 Å². The van der Waals surface area contributed by atoms with Crippen molar-refractivity contribution in [2.75, 3.05) is 12.5 Å². The maximum atomic E-state index is 10.3. The lowest BCUT2D eigenvalue weighted by Crippen LogP contribution is -1.87. The summed E-state index contributed by atoms with van der Waals surface area (Å²) in [5.41, 5.74) is 1.56. The fourth-order valence-corrected chi connectivity index (χ4v) is 2.33. The van der Waals surface area contributed by atoms with E-state index in [0.717, 1.165) is 15.6 Å². The van der Waals surface area contributed by atoms with E-state index in [2.05, 4.69) is 9.98 Å². The maximum absolute atomic E-state index is 10.3. The first-order valence-corrected chi connectivity index (χ1v) is 6.35. The van der Waals surface area contributed by atoms with Gasteiger partial charge in [-0.25, -0.2) is 9.78 Å². The van der Waals surface area contributed by atoms with E-state index < -0.39 is 0 Å². The molecule has 1 aromatic rings. The van der Waals surface area contributed by atoms with Crippen molar-refractivity contribution in [3.63, 3.8) is 0 Å². The molecule has 0 amide bonds. The zero-order valence-corrected chi connectivity index (χ0v) is 9.83. The zero-order chi connectivity index (χ0) is 10.6. The molecular formula is C9H10N2OS2. The summed E-state index contributed by atoms with van der Waals surface area (Å²) < 4.78 is 0. The highest BCUT2D eigenvalue weighted by Crippen LogP contribution is 2.35. The predicted molar refractivity (Wildman–Crippen MR) is 60.3 cm³/mol. The monoisotopic (exact) mass is 226 g/mol. The molecule has 1 rings (SSSR count). The van der Waals surface area contributed by atoms with Gasteiger partial charge in [0.1, 0.15) is 10.7 Å². The molecule has 1 heterocycles. The summed E-state index contributed by atoms with van der Waals surface area (Å²) >= 11 is 3.04. The smallest absolute Gasteiger partial charge is 0.240 e. The van der Waals surface area contributed by atoms with Gasteiger partial charge in [0.05, 0.1) is 0 Å². The summed E-state index contributed by atoms with van der Waals surface area (Å²) in [6.07, 6.45) is 5.42. The summed E-state index contributed by atoms with van der Waals surface area (Å²) in [5, 5.41) is 0.776. The molecule has 0 saturated carbocycles. The molecule has 0 atom stereocenters. The fourth-order valence-electron chi connectivity index (χ4n) is 1.06. The van der Waals surface area contributed by atoms with Crippen LogP contribution in [0.2, 0.25) is 0 Å². The van der Waals surface area contributed by atoms with Crippen molar-refractivity contribution >= 4 is 35.3 Å². The van der Waals surface area contributed by atoms with Crippen molar-refractivity contribution in [2.45, 2.75) is 16.8 Å². The lowest BCUT2D eigenvalue weighted by Gasteiger charge is -2.06. The van der Waals surface area contributed by atoms with Crippen LogP contribution >= 0.6 is 23.5 Å². The number of carbonyl (C=O) groups excluding carboxylic acids is 1. The molecule has 5 heteroatoms. The van der Waals surface area contributed by atoms with Crippen molar-refractivity contribution in [3.05, 3.63) is 11.8 Å². The van der Waals surface area contributed by atoms with Crippen LogP contribution in [0.4, 0.5) is 5.69 Å². The molecule has 0 aliphatic carbocycles. The first kappa shape index (κ1) is 11.3. The molecule has 0 N–H and O–H groups in total. The van der Waals surface area contributed by atoms with Crippen LogP contribution in [0.25, 0.3) is 0 Å². The molecule has 0 unspecified atom stereocenters. The van der Waals surface area contributed by atoms with Gasteiger partial charge in [-0.2, -0.15) is 4.99 Å². The third-order valence-electron chi connectivity index (χ3n) is 1.62. The molecule has 14 heavy (non-hydrogen) atoms. The molecule has 0 bridgehead atoms. The Kier molecular flexibility index (Phi) is 4.20. The molecule has 0 aliphatic heterocycles. The Balaban J connectivity index is 3.39. The minimum atomic E-state index is 0.630. The molecule has 1 aromatic heterocycles. The minimum absolute atomic E-state index is 0.630. The molecule has 0 aromatic carbocycles. The van der Waals surface area contributed by atoms with Gasteiger partial charge in [0, 0.05) is 10.6 Å². The van der Waals surface area contributed by atoms with Crippen LogP contribution in [0.5, 0.6) is 0 Å². The second kappa shape index (κ2) is 5.20. The second-order valence-electron chi connectivity index (χ2n) is 2.53. The van der Waals surface area contributed by atoms with E-state index in [1.165, 1.54) is 11.8 Å². The average molecular weight is 226 g/mol. The lowest BCUT2D eigenvalue weighted by atomic mass is 10.3. The first-order valence-electron chi connectivity index (χ1n) is 3.90. The Morgan fingerprint density at radius 1 is 1.43 bits per heavy atom. The van der Waals surface area contributed by atoms with E-state index in [1.54, 1.807) is 17.8 Å². The normalized spacial score (nSPS) is 9.64. The van der Waals surface area contributed by atoms with Crippen LogP contribution < -0.4 is 0 Å². The Labute approximate surface area is 91.4 Å². The molecule has 0 fully saturated rings. The molecule has 74 valence electrons. The zero-order valence-electron chi connectivity index (χ0n) is 8.20. The van der Waals surface area contributed by atoms with Gasteiger partial charge in [-0.1, -0.05) is 0 Å². The van der Waals surface area contributed by atoms with Crippen LogP contribution in [-0.4, -0.2) is 23.6 Å². The van der Waals surface area contributed by atoms with Crippen molar-refractivity contribution in [2.24, 2.45) is 4.99 Å². The molecule has 0 radical (unpaired) electrons. The second-order valence-corrected chi connectivity index (χ2v) is 4.17. The Bertz CT molecular complexity index is 361. The van der Waals surface area contributed by atoms with Crippen LogP contribution in [0.3, 0.4) is 0 Å². The van der Waals surface area contributed by atoms with Crippen molar-refractivity contribution in [3.8, 4) is 0 Å². The maximum Gasteiger partial charge on any atom is 0.240 e. The number of aromatic nitrogens is 1.